The Morgan fingerprint density at radius 3 is 2.94 bits per heavy atom. The molecule has 2 aromatic rings. The van der Waals surface area contributed by atoms with Gasteiger partial charge in [0.15, 0.2) is 0 Å². The maximum Gasteiger partial charge on any atom is 0.141 e. The van der Waals surface area contributed by atoms with E-state index >= 15 is 0 Å². The Kier molecular flexibility index (Phi) is 3.41. The number of halogens is 2. The molecule has 0 amide bonds. The zero-order chi connectivity index (χ0) is 11.5. The summed E-state index contributed by atoms with van der Waals surface area (Å²) in [5, 5.41) is 3.36. The normalized spacial score (nSPS) is 12.4. The molecular formula is C11H10ClFN2S. The van der Waals surface area contributed by atoms with Gasteiger partial charge in [-0.3, -0.25) is 4.98 Å². The molecule has 0 spiro atoms. The van der Waals surface area contributed by atoms with E-state index in [1.54, 1.807) is 29.0 Å². The van der Waals surface area contributed by atoms with E-state index in [4.69, 9.17) is 11.6 Å². The Hall–Kier alpha value is -1.13. The molecule has 2 nitrogen and oxygen atoms in total. The predicted molar refractivity (Wildman–Crippen MR) is 65.6 cm³/mol. The second kappa shape index (κ2) is 4.80. The van der Waals surface area contributed by atoms with Crippen LogP contribution in [-0.4, -0.2) is 4.98 Å². The minimum atomic E-state index is -0.405. The van der Waals surface area contributed by atoms with Gasteiger partial charge in [0.25, 0.3) is 0 Å². The Bertz CT molecular complexity index is 473. The van der Waals surface area contributed by atoms with Crippen molar-refractivity contribution in [3.63, 3.8) is 0 Å². The summed E-state index contributed by atoms with van der Waals surface area (Å²) in [6.07, 6.45) is 1.81. The molecule has 1 heterocycles. The predicted octanol–water partition coefficient (Wildman–Crippen LogP) is 4.11. The van der Waals surface area contributed by atoms with Gasteiger partial charge in [-0.2, -0.15) is 0 Å². The van der Waals surface area contributed by atoms with E-state index < -0.39 is 5.82 Å². The number of hydrogen-bond donors (Lipinski definition) is 1. The van der Waals surface area contributed by atoms with Gasteiger partial charge in [0, 0.05) is 16.8 Å². The number of nitrogens with zero attached hydrogens (tertiary/aromatic N) is 1. The quantitative estimate of drug-likeness (QED) is 0.894. The molecule has 1 atom stereocenters. The van der Waals surface area contributed by atoms with E-state index in [-0.39, 0.29) is 11.1 Å². The van der Waals surface area contributed by atoms with Gasteiger partial charge in [-0.25, -0.2) is 4.39 Å². The number of benzene rings is 1. The van der Waals surface area contributed by atoms with E-state index in [2.05, 4.69) is 10.3 Å². The highest BCUT2D eigenvalue weighted by Crippen LogP contribution is 2.25. The van der Waals surface area contributed by atoms with Crippen LogP contribution in [0.1, 0.15) is 17.8 Å². The highest BCUT2D eigenvalue weighted by atomic mass is 35.5. The second-order valence-electron chi connectivity index (χ2n) is 3.40. The van der Waals surface area contributed by atoms with E-state index in [9.17, 15) is 4.39 Å². The van der Waals surface area contributed by atoms with Gasteiger partial charge in [0.2, 0.25) is 0 Å². The summed E-state index contributed by atoms with van der Waals surface area (Å²) >= 11 is 7.27. The van der Waals surface area contributed by atoms with Crippen molar-refractivity contribution in [3.05, 3.63) is 45.6 Å². The average Bonchev–Trinajstić information content (AvgIpc) is 2.77. The van der Waals surface area contributed by atoms with Crippen LogP contribution in [0.5, 0.6) is 0 Å². The van der Waals surface area contributed by atoms with Crippen LogP contribution in [0.15, 0.2) is 29.9 Å². The maximum absolute atomic E-state index is 12.9. The largest absolute Gasteiger partial charge is 0.378 e. The first kappa shape index (κ1) is 11.4. The fourth-order valence-electron chi connectivity index (χ4n) is 1.35. The highest BCUT2D eigenvalue weighted by molar-refractivity contribution is 7.09. The molecule has 1 aromatic heterocycles. The minimum absolute atomic E-state index is 0.126. The van der Waals surface area contributed by atoms with Crippen molar-refractivity contribution in [2.45, 2.75) is 13.0 Å². The maximum atomic E-state index is 12.9. The first-order valence-electron chi connectivity index (χ1n) is 4.77. The molecule has 0 aliphatic heterocycles. The van der Waals surface area contributed by atoms with Crippen LogP contribution in [0.3, 0.4) is 0 Å². The van der Waals surface area contributed by atoms with Gasteiger partial charge in [-0.15, -0.1) is 11.3 Å². The molecule has 1 unspecified atom stereocenters. The Morgan fingerprint density at radius 1 is 1.50 bits per heavy atom. The molecule has 0 bridgehead atoms. The van der Waals surface area contributed by atoms with Crippen LogP contribution < -0.4 is 5.32 Å². The minimum Gasteiger partial charge on any atom is -0.378 e. The van der Waals surface area contributed by atoms with Crippen LogP contribution in [0, 0.1) is 5.82 Å². The number of nitrogens with one attached hydrogen (secondary N) is 1. The lowest BCUT2D eigenvalue weighted by molar-refractivity contribution is 0.628. The molecule has 0 radical (unpaired) electrons. The molecule has 0 saturated heterocycles. The summed E-state index contributed by atoms with van der Waals surface area (Å²) in [4.78, 5) is 5.13. The molecule has 1 N–H and O–H groups in total. The number of rotatable bonds is 3. The molecule has 1 aromatic carbocycles. The smallest absolute Gasteiger partial charge is 0.141 e. The van der Waals surface area contributed by atoms with E-state index in [1.165, 1.54) is 6.07 Å². The van der Waals surface area contributed by atoms with Gasteiger partial charge < -0.3 is 5.32 Å². The lowest BCUT2D eigenvalue weighted by Crippen LogP contribution is -2.04. The van der Waals surface area contributed by atoms with Crippen molar-refractivity contribution in [1.29, 1.82) is 0 Å². The SMILES string of the molecule is CC(Nc1ccc(F)c(Cl)c1)c1cncs1. The topological polar surface area (TPSA) is 24.9 Å². The van der Waals surface area contributed by atoms with Crippen molar-refractivity contribution in [2.24, 2.45) is 0 Å². The van der Waals surface area contributed by atoms with E-state index in [0.717, 1.165) is 10.6 Å². The Morgan fingerprint density at radius 2 is 2.31 bits per heavy atom. The summed E-state index contributed by atoms with van der Waals surface area (Å²) in [5.41, 5.74) is 2.58. The third kappa shape index (κ3) is 2.51. The fourth-order valence-corrected chi connectivity index (χ4v) is 2.16. The first-order valence-corrected chi connectivity index (χ1v) is 6.02. The highest BCUT2D eigenvalue weighted by Gasteiger charge is 2.08. The summed E-state index contributed by atoms with van der Waals surface area (Å²) in [6, 6.07) is 4.73. The van der Waals surface area contributed by atoms with Crippen LogP contribution in [0.2, 0.25) is 5.02 Å². The monoisotopic (exact) mass is 256 g/mol. The van der Waals surface area contributed by atoms with Crippen molar-refractivity contribution in [1.82, 2.24) is 4.98 Å². The summed E-state index contributed by atoms with van der Waals surface area (Å²) in [5.74, 6) is -0.405. The molecule has 16 heavy (non-hydrogen) atoms. The zero-order valence-electron chi connectivity index (χ0n) is 8.58. The Labute approximate surface area is 102 Å². The van der Waals surface area contributed by atoms with Crippen molar-refractivity contribution < 1.29 is 4.39 Å². The second-order valence-corrected chi connectivity index (χ2v) is 4.72. The summed E-state index contributed by atoms with van der Waals surface area (Å²) < 4.78 is 12.9. The molecule has 84 valence electrons. The van der Waals surface area contributed by atoms with Gasteiger partial charge in [0.05, 0.1) is 16.6 Å². The fraction of sp³-hybridized carbons (Fsp3) is 0.182. The van der Waals surface area contributed by atoms with E-state index in [1.807, 2.05) is 13.1 Å². The first-order chi connectivity index (χ1) is 7.66. The average molecular weight is 257 g/mol. The standard InChI is InChI=1S/C11H10ClFN2S/c1-7(11-5-14-6-16-11)15-8-2-3-10(13)9(12)4-8/h2-7,15H,1H3. The van der Waals surface area contributed by atoms with Crippen LogP contribution in [-0.2, 0) is 0 Å². The van der Waals surface area contributed by atoms with Crippen molar-refractivity contribution in [3.8, 4) is 0 Å². The third-order valence-corrected chi connectivity index (χ3v) is 3.43. The number of aromatic nitrogens is 1. The summed E-state index contributed by atoms with van der Waals surface area (Å²) in [7, 11) is 0. The molecule has 0 aliphatic carbocycles. The molecule has 0 fully saturated rings. The van der Waals surface area contributed by atoms with Crippen LogP contribution >= 0.6 is 22.9 Å². The zero-order valence-corrected chi connectivity index (χ0v) is 10.1. The Balaban J connectivity index is 2.12. The lowest BCUT2D eigenvalue weighted by atomic mass is 10.2. The van der Waals surface area contributed by atoms with E-state index in [0.29, 0.717) is 0 Å². The van der Waals surface area contributed by atoms with Gasteiger partial charge in [-0.1, -0.05) is 11.6 Å². The van der Waals surface area contributed by atoms with Crippen LogP contribution in [0.25, 0.3) is 0 Å². The third-order valence-electron chi connectivity index (χ3n) is 2.18. The number of hydrogen-bond acceptors (Lipinski definition) is 3. The van der Waals surface area contributed by atoms with Gasteiger partial charge in [0.1, 0.15) is 5.82 Å². The number of thiazole rings is 1. The van der Waals surface area contributed by atoms with Gasteiger partial charge in [-0.05, 0) is 25.1 Å². The van der Waals surface area contributed by atoms with Crippen molar-refractivity contribution in [2.75, 3.05) is 5.32 Å². The molecule has 5 heteroatoms. The molecular weight excluding hydrogens is 247 g/mol. The van der Waals surface area contributed by atoms with Crippen molar-refractivity contribution >= 4 is 28.6 Å². The molecule has 0 saturated carbocycles. The van der Waals surface area contributed by atoms with Crippen LogP contribution in [0.4, 0.5) is 10.1 Å². The molecule has 2 rings (SSSR count). The van der Waals surface area contributed by atoms with Gasteiger partial charge >= 0.3 is 0 Å². The summed E-state index contributed by atoms with van der Waals surface area (Å²) in [6.45, 7) is 2.02. The number of anilines is 1. The molecule has 0 aliphatic rings. The lowest BCUT2D eigenvalue weighted by Gasteiger charge is -2.13.